The largest absolute Gasteiger partial charge is 0.490 e. The number of carbonyl (C=O) groups is 2. The van der Waals surface area contributed by atoms with Gasteiger partial charge in [-0.2, -0.15) is 13.2 Å². The number of carboxylic acids is 1. The zero-order chi connectivity index (χ0) is 16.3. The van der Waals surface area contributed by atoms with Crippen LogP contribution in [0.1, 0.15) is 23.2 Å². The van der Waals surface area contributed by atoms with Gasteiger partial charge in [-0.1, -0.05) is 0 Å². The van der Waals surface area contributed by atoms with E-state index in [0.717, 1.165) is 4.90 Å². The van der Waals surface area contributed by atoms with Gasteiger partial charge in [-0.3, -0.25) is 4.79 Å². The van der Waals surface area contributed by atoms with Crippen LogP contribution in [0.3, 0.4) is 0 Å². The standard InChI is InChI=1S/C14H14F3NO4/c15-14(16,17)13(21)18-7-5-11(6-8-18)22-10-3-1-9(2-4-10)12(19)20/h1-4,11H,5-8H2,(H,19,20). The lowest BCUT2D eigenvalue weighted by Crippen LogP contribution is -2.47. The summed E-state index contributed by atoms with van der Waals surface area (Å²) >= 11 is 0. The molecule has 1 amide bonds. The minimum atomic E-state index is -4.85. The molecular weight excluding hydrogens is 303 g/mol. The lowest BCUT2D eigenvalue weighted by molar-refractivity contribution is -0.187. The van der Waals surface area contributed by atoms with Crippen LogP contribution in [0.5, 0.6) is 5.75 Å². The van der Waals surface area contributed by atoms with E-state index in [4.69, 9.17) is 9.84 Å². The molecule has 1 aromatic carbocycles. The van der Waals surface area contributed by atoms with Crippen LogP contribution in [0.4, 0.5) is 13.2 Å². The van der Waals surface area contributed by atoms with E-state index in [0.29, 0.717) is 18.6 Å². The predicted octanol–water partition coefficient (Wildman–Crippen LogP) is 2.32. The zero-order valence-electron chi connectivity index (χ0n) is 11.5. The van der Waals surface area contributed by atoms with Gasteiger partial charge < -0.3 is 14.7 Å². The maximum absolute atomic E-state index is 12.3. The number of halogens is 3. The fourth-order valence-electron chi connectivity index (χ4n) is 2.22. The Balaban J connectivity index is 1.87. The van der Waals surface area contributed by atoms with Crippen molar-refractivity contribution in [1.82, 2.24) is 4.90 Å². The molecule has 1 aliphatic heterocycles. The summed E-state index contributed by atoms with van der Waals surface area (Å²) in [5.74, 6) is -2.42. The first-order valence-corrected chi connectivity index (χ1v) is 6.63. The Morgan fingerprint density at radius 3 is 2.14 bits per heavy atom. The number of rotatable bonds is 3. The van der Waals surface area contributed by atoms with Crippen molar-refractivity contribution >= 4 is 11.9 Å². The van der Waals surface area contributed by atoms with Crippen LogP contribution in [0, 0.1) is 0 Å². The molecule has 120 valence electrons. The van der Waals surface area contributed by atoms with Crippen molar-refractivity contribution in [2.75, 3.05) is 13.1 Å². The second-order valence-electron chi connectivity index (χ2n) is 4.94. The molecule has 0 saturated carbocycles. The Morgan fingerprint density at radius 2 is 1.68 bits per heavy atom. The Bertz CT molecular complexity index is 548. The molecule has 0 unspecified atom stereocenters. The highest BCUT2D eigenvalue weighted by Gasteiger charge is 2.43. The summed E-state index contributed by atoms with van der Waals surface area (Å²) in [5.41, 5.74) is 0.123. The number of likely N-dealkylation sites (tertiary alicyclic amines) is 1. The van der Waals surface area contributed by atoms with Gasteiger partial charge in [0.1, 0.15) is 11.9 Å². The number of ether oxygens (including phenoxy) is 1. The highest BCUT2D eigenvalue weighted by atomic mass is 19.4. The average Bonchev–Trinajstić information content (AvgIpc) is 2.47. The summed E-state index contributed by atoms with van der Waals surface area (Å²) in [4.78, 5) is 22.6. The van der Waals surface area contributed by atoms with E-state index in [-0.39, 0.29) is 24.8 Å². The number of alkyl halides is 3. The molecule has 1 fully saturated rings. The van der Waals surface area contributed by atoms with Gasteiger partial charge in [-0.15, -0.1) is 0 Å². The molecule has 0 bridgehead atoms. The van der Waals surface area contributed by atoms with Gasteiger partial charge in [0.05, 0.1) is 5.56 Å². The topological polar surface area (TPSA) is 66.8 Å². The van der Waals surface area contributed by atoms with Crippen LogP contribution in [-0.2, 0) is 4.79 Å². The predicted molar refractivity (Wildman–Crippen MR) is 69.7 cm³/mol. The SMILES string of the molecule is O=C(O)c1ccc(OC2CCN(C(=O)C(F)(F)F)CC2)cc1. The van der Waals surface area contributed by atoms with Crippen molar-refractivity contribution in [2.24, 2.45) is 0 Å². The average molecular weight is 317 g/mol. The number of carboxylic acid groups (broad SMARTS) is 1. The number of hydrogen-bond acceptors (Lipinski definition) is 3. The molecule has 8 heteroatoms. The molecule has 0 atom stereocenters. The van der Waals surface area contributed by atoms with E-state index >= 15 is 0 Å². The molecule has 1 heterocycles. The van der Waals surface area contributed by atoms with Crippen molar-refractivity contribution in [2.45, 2.75) is 25.1 Å². The number of aromatic carboxylic acids is 1. The molecule has 1 N–H and O–H groups in total. The maximum atomic E-state index is 12.3. The highest BCUT2D eigenvalue weighted by Crippen LogP contribution is 2.24. The van der Waals surface area contributed by atoms with Gasteiger partial charge in [0, 0.05) is 25.9 Å². The number of nitrogens with zero attached hydrogens (tertiary/aromatic N) is 1. The third kappa shape index (κ3) is 3.90. The minimum Gasteiger partial charge on any atom is -0.490 e. The molecule has 1 aliphatic rings. The van der Waals surface area contributed by atoms with Crippen molar-refractivity contribution in [3.8, 4) is 5.75 Å². The van der Waals surface area contributed by atoms with Crippen LogP contribution in [0.2, 0.25) is 0 Å². The maximum Gasteiger partial charge on any atom is 0.471 e. The van der Waals surface area contributed by atoms with E-state index in [9.17, 15) is 22.8 Å². The third-order valence-electron chi connectivity index (χ3n) is 3.38. The molecule has 22 heavy (non-hydrogen) atoms. The summed E-state index contributed by atoms with van der Waals surface area (Å²) in [6, 6.07) is 5.77. The molecule has 1 saturated heterocycles. The van der Waals surface area contributed by atoms with Crippen LogP contribution in [-0.4, -0.2) is 47.3 Å². The second-order valence-corrected chi connectivity index (χ2v) is 4.94. The fourth-order valence-corrected chi connectivity index (χ4v) is 2.22. The first-order valence-electron chi connectivity index (χ1n) is 6.63. The number of piperidine rings is 1. The van der Waals surface area contributed by atoms with Crippen LogP contribution >= 0.6 is 0 Å². The number of hydrogen-bond donors (Lipinski definition) is 1. The minimum absolute atomic E-state index is 0.0176. The first-order chi connectivity index (χ1) is 10.3. The van der Waals surface area contributed by atoms with E-state index in [2.05, 4.69) is 0 Å². The van der Waals surface area contributed by atoms with Gasteiger partial charge in [0.2, 0.25) is 0 Å². The first kappa shape index (κ1) is 16.1. The van der Waals surface area contributed by atoms with Crippen molar-refractivity contribution in [3.63, 3.8) is 0 Å². The third-order valence-corrected chi connectivity index (χ3v) is 3.38. The lowest BCUT2D eigenvalue weighted by atomic mass is 10.1. The number of amides is 1. The van der Waals surface area contributed by atoms with Crippen LogP contribution < -0.4 is 4.74 Å². The Labute approximate surface area is 124 Å². The molecule has 0 spiro atoms. The molecule has 0 aliphatic carbocycles. The Hall–Kier alpha value is -2.25. The van der Waals surface area contributed by atoms with E-state index < -0.39 is 18.1 Å². The van der Waals surface area contributed by atoms with E-state index in [1.165, 1.54) is 24.3 Å². The summed E-state index contributed by atoms with van der Waals surface area (Å²) in [6.45, 7) is -0.0353. The lowest BCUT2D eigenvalue weighted by Gasteiger charge is -2.32. The quantitative estimate of drug-likeness (QED) is 0.929. The monoisotopic (exact) mass is 317 g/mol. The van der Waals surface area contributed by atoms with E-state index in [1.807, 2.05) is 0 Å². The van der Waals surface area contributed by atoms with Gasteiger partial charge in [-0.25, -0.2) is 4.79 Å². The molecule has 0 aromatic heterocycles. The van der Waals surface area contributed by atoms with Crippen molar-refractivity contribution < 1.29 is 32.6 Å². The smallest absolute Gasteiger partial charge is 0.471 e. The van der Waals surface area contributed by atoms with Crippen molar-refractivity contribution in [3.05, 3.63) is 29.8 Å². The Morgan fingerprint density at radius 1 is 1.14 bits per heavy atom. The second kappa shape index (κ2) is 6.25. The Kier molecular flexibility index (Phi) is 4.58. The summed E-state index contributed by atoms with van der Waals surface area (Å²) in [5, 5.41) is 8.77. The number of benzene rings is 1. The molecule has 2 rings (SSSR count). The van der Waals surface area contributed by atoms with Gasteiger partial charge in [0.25, 0.3) is 0 Å². The molecule has 5 nitrogen and oxygen atoms in total. The van der Waals surface area contributed by atoms with Gasteiger partial charge in [0.15, 0.2) is 0 Å². The normalized spacial score (nSPS) is 16.4. The van der Waals surface area contributed by atoms with Crippen LogP contribution in [0.25, 0.3) is 0 Å². The summed E-state index contributed by atoms with van der Waals surface area (Å²) < 4.78 is 42.5. The zero-order valence-corrected chi connectivity index (χ0v) is 11.5. The van der Waals surface area contributed by atoms with Gasteiger partial charge >= 0.3 is 18.1 Å². The summed E-state index contributed by atoms with van der Waals surface area (Å²) in [6.07, 6.45) is -4.56. The van der Waals surface area contributed by atoms with Crippen molar-refractivity contribution in [1.29, 1.82) is 0 Å². The molecular formula is C14H14F3NO4. The van der Waals surface area contributed by atoms with Crippen LogP contribution in [0.15, 0.2) is 24.3 Å². The van der Waals surface area contributed by atoms with E-state index in [1.54, 1.807) is 0 Å². The number of carbonyl (C=O) groups excluding carboxylic acids is 1. The molecule has 0 radical (unpaired) electrons. The molecule has 1 aromatic rings. The fraction of sp³-hybridized carbons (Fsp3) is 0.429. The summed E-state index contributed by atoms with van der Waals surface area (Å²) in [7, 11) is 0. The van der Waals surface area contributed by atoms with Gasteiger partial charge in [-0.05, 0) is 24.3 Å². The highest BCUT2D eigenvalue weighted by molar-refractivity contribution is 5.87.